The molecule has 14 heavy (non-hydrogen) atoms. The van der Waals surface area contributed by atoms with Crippen LogP contribution in [0.25, 0.3) is 0 Å². The molecule has 0 amide bonds. The van der Waals surface area contributed by atoms with Crippen LogP contribution < -0.4 is 5.32 Å². The van der Waals surface area contributed by atoms with Gasteiger partial charge in [0.2, 0.25) is 0 Å². The fourth-order valence-electron chi connectivity index (χ4n) is 1.46. The van der Waals surface area contributed by atoms with Crippen molar-refractivity contribution in [3.63, 3.8) is 0 Å². The molecule has 0 saturated carbocycles. The molecule has 0 bridgehead atoms. The fourth-order valence-corrected chi connectivity index (χ4v) is 1.98. The molecule has 0 radical (unpaired) electrons. The third-order valence-corrected chi connectivity index (χ3v) is 2.84. The van der Waals surface area contributed by atoms with Crippen LogP contribution >= 0.6 is 15.9 Å². The topological polar surface area (TPSA) is 12.0 Å². The van der Waals surface area contributed by atoms with Crippen molar-refractivity contribution in [2.75, 3.05) is 6.54 Å². The van der Waals surface area contributed by atoms with E-state index in [1.165, 1.54) is 5.56 Å². The monoisotopic (exact) mass is 253 g/mol. The summed E-state index contributed by atoms with van der Waals surface area (Å²) in [6, 6.07) is 8.49. The van der Waals surface area contributed by atoms with Crippen molar-refractivity contribution in [1.29, 1.82) is 0 Å². The normalized spacial score (nSPS) is 12.5. The number of nitrogens with one attached hydrogen (secondary N) is 1. The summed E-state index contributed by atoms with van der Waals surface area (Å²) in [5, 5.41) is 3.41. The minimum absolute atomic E-state index is 0.246. The first-order chi connectivity index (χ1) is 6.66. The molecule has 0 fully saturated rings. The molecule has 0 heterocycles. The maximum absolute atomic E-state index is 4.01. The van der Waals surface area contributed by atoms with Crippen LogP contribution in [0.1, 0.15) is 25.5 Å². The van der Waals surface area contributed by atoms with Gasteiger partial charge >= 0.3 is 0 Å². The molecule has 0 spiro atoms. The van der Waals surface area contributed by atoms with Gasteiger partial charge in [-0.15, -0.1) is 0 Å². The second-order valence-corrected chi connectivity index (χ2v) is 4.21. The Kier molecular flexibility index (Phi) is 4.36. The molecule has 1 unspecified atom stereocenters. The number of hydrogen-bond donors (Lipinski definition) is 1. The minimum atomic E-state index is 0.246. The fraction of sp³-hybridized carbons (Fsp3) is 0.333. The first kappa shape index (κ1) is 11.5. The number of benzene rings is 1. The smallest absolute Gasteiger partial charge is 0.0541 e. The Bertz CT molecular complexity index is 320. The van der Waals surface area contributed by atoms with E-state index in [1.807, 2.05) is 19.1 Å². The Hall–Kier alpha value is -0.600. The van der Waals surface area contributed by atoms with E-state index in [0.29, 0.717) is 0 Å². The van der Waals surface area contributed by atoms with Gasteiger partial charge in [-0.3, -0.25) is 0 Å². The second-order valence-electron chi connectivity index (χ2n) is 3.36. The van der Waals surface area contributed by atoms with Crippen molar-refractivity contribution in [3.05, 3.63) is 46.5 Å². The van der Waals surface area contributed by atoms with E-state index < -0.39 is 0 Å². The Morgan fingerprint density at radius 1 is 1.50 bits per heavy atom. The highest BCUT2D eigenvalue weighted by Crippen LogP contribution is 2.27. The zero-order valence-electron chi connectivity index (χ0n) is 8.68. The lowest BCUT2D eigenvalue weighted by molar-refractivity contribution is 0.619. The molecular weight excluding hydrogens is 238 g/mol. The van der Waals surface area contributed by atoms with E-state index in [1.54, 1.807) is 0 Å². The third-order valence-electron chi connectivity index (χ3n) is 2.12. The quantitative estimate of drug-likeness (QED) is 0.808. The van der Waals surface area contributed by atoms with Crippen LogP contribution in [-0.2, 0) is 0 Å². The average Bonchev–Trinajstić information content (AvgIpc) is 2.15. The van der Waals surface area contributed by atoms with Gasteiger partial charge in [0.05, 0.1) is 6.04 Å². The Balaban J connectivity index is 2.99. The van der Waals surface area contributed by atoms with Crippen LogP contribution in [0.15, 0.2) is 40.9 Å². The molecular formula is C12H16BrN. The van der Waals surface area contributed by atoms with Crippen molar-refractivity contribution in [2.24, 2.45) is 0 Å². The lowest BCUT2D eigenvalue weighted by atomic mass is 10.0. The first-order valence-corrected chi connectivity index (χ1v) is 5.59. The summed E-state index contributed by atoms with van der Waals surface area (Å²) in [5.74, 6) is 0. The van der Waals surface area contributed by atoms with Gasteiger partial charge in [0, 0.05) is 4.47 Å². The molecule has 1 aromatic carbocycles. The standard InChI is InChI=1S/C12H16BrN/c1-4-14-12(9(2)3)10-7-5-6-8-11(10)13/h5-8,12,14H,2,4H2,1,3H3. The van der Waals surface area contributed by atoms with E-state index in [2.05, 4.69) is 46.9 Å². The molecule has 1 rings (SSSR count). The summed E-state index contributed by atoms with van der Waals surface area (Å²) in [6.07, 6.45) is 0. The molecule has 1 atom stereocenters. The lowest BCUT2D eigenvalue weighted by Gasteiger charge is -2.19. The SMILES string of the molecule is C=C(C)C(NCC)c1ccccc1Br. The zero-order chi connectivity index (χ0) is 10.6. The predicted molar refractivity (Wildman–Crippen MR) is 65.4 cm³/mol. The molecule has 0 saturated heterocycles. The summed E-state index contributed by atoms with van der Waals surface area (Å²) >= 11 is 3.55. The Morgan fingerprint density at radius 2 is 2.14 bits per heavy atom. The van der Waals surface area contributed by atoms with Crippen LogP contribution in [-0.4, -0.2) is 6.54 Å². The summed E-state index contributed by atoms with van der Waals surface area (Å²) < 4.78 is 1.13. The summed E-state index contributed by atoms with van der Waals surface area (Å²) in [4.78, 5) is 0. The Labute approximate surface area is 94.3 Å². The van der Waals surface area contributed by atoms with E-state index in [-0.39, 0.29) is 6.04 Å². The maximum atomic E-state index is 4.01. The van der Waals surface area contributed by atoms with Gasteiger partial charge in [-0.1, -0.05) is 53.2 Å². The first-order valence-electron chi connectivity index (χ1n) is 4.80. The van der Waals surface area contributed by atoms with Gasteiger partial charge in [0.15, 0.2) is 0 Å². The van der Waals surface area contributed by atoms with E-state index in [0.717, 1.165) is 16.6 Å². The van der Waals surface area contributed by atoms with Crippen molar-refractivity contribution in [1.82, 2.24) is 5.32 Å². The largest absolute Gasteiger partial charge is 0.307 e. The van der Waals surface area contributed by atoms with Crippen LogP contribution in [0.4, 0.5) is 0 Å². The summed E-state index contributed by atoms with van der Waals surface area (Å²) in [7, 11) is 0. The van der Waals surface area contributed by atoms with Crippen LogP contribution in [0.2, 0.25) is 0 Å². The minimum Gasteiger partial charge on any atom is -0.307 e. The third kappa shape index (κ3) is 2.69. The van der Waals surface area contributed by atoms with Crippen molar-refractivity contribution in [3.8, 4) is 0 Å². The summed E-state index contributed by atoms with van der Waals surface area (Å²) in [6.45, 7) is 9.10. The second kappa shape index (κ2) is 5.32. The number of likely N-dealkylation sites (N-methyl/N-ethyl adjacent to an activating group) is 1. The maximum Gasteiger partial charge on any atom is 0.0541 e. The van der Waals surface area contributed by atoms with Gasteiger partial charge < -0.3 is 5.32 Å². The highest BCUT2D eigenvalue weighted by Gasteiger charge is 2.12. The van der Waals surface area contributed by atoms with Gasteiger partial charge in [0.1, 0.15) is 0 Å². The highest BCUT2D eigenvalue weighted by molar-refractivity contribution is 9.10. The van der Waals surface area contributed by atoms with Gasteiger partial charge in [-0.25, -0.2) is 0 Å². The molecule has 1 aromatic rings. The number of halogens is 1. The zero-order valence-corrected chi connectivity index (χ0v) is 10.3. The molecule has 76 valence electrons. The van der Waals surface area contributed by atoms with Gasteiger partial charge in [-0.2, -0.15) is 0 Å². The van der Waals surface area contributed by atoms with E-state index in [9.17, 15) is 0 Å². The van der Waals surface area contributed by atoms with E-state index >= 15 is 0 Å². The Morgan fingerprint density at radius 3 is 2.64 bits per heavy atom. The average molecular weight is 254 g/mol. The molecule has 0 aliphatic heterocycles. The van der Waals surface area contributed by atoms with Crippen LogP contribution in [0.5, 0.6) is 0 Å². The van der Waals surface area contributed by atoms with Crippen molar-refractivity contribution < 1.29 is 0 Å². The highest BCUT2D eigenvalue weighted by atomic mass is 79.9. The predicted octanol–water partition coefficient (Wildman–Crippen LogP) is 3.68. The number of rotatable bonds is 4. The van der Waals surface area contributed by atoms with Crippen molar-refractivity contribution in [2.45, 2.75) is 19.9 Å². The van der Waals surface area contributed by atoms with E-state index in [4.69, 9.17) is 0 Å². The van der Waals surface area contributed by atoms with Gasteiger partial charge in [-0.05, 0) is 25.1 Å². The molecule has 2 heteroatoms. The van der Waals surface area contributed by atoms with Crippen molar-refractivity contribution >= 4 is 15.9 Å². The molecule has 0 aliphatic rings. The van der Waals surface area contributed by atoms with Crippen LogP contribution in [0, 0.1) is 0 Å². The van der Waals surface area contributed by atoms with Crippen LogP contribution in [0.3, 0.4) is 0 Å². The molecule has 1 N–H and O–H groups in total. The lowest BCUT2D eigenvalue weighted by Crippen LogP contribution is -2.21. The summed E-state index contributed by atoms with van der Waals surface area (Å²) in [5.41, 5.74) is 2.39. The van der Waals surface area contributed by atoms with Gasteiger partial charge in [0.25, 0.3) is 0 Å². The molecule has 0 aliphatic carbocycles. The molecule has 0 aromatic heterocycles. The molecule has 1 nitrogen and oxygen atoms in total. The number of hydrogen-bond acceptors (Lipinski definition) is 1.